The summed E-state index contributed by atoms with van der Waals surface area (Å²) < 4.78 is 0. The molecule has 5 nitrogen and oxygen atoms in total. The van der Waals surface area contributed by atoms with Crippen molar-refractivity contribution in [1.29, 1.82) is 0 Å². The first kappa shape index (κ1) is 15.4. The number of oxime groups is 1. The van der Waals surface area contributed by atoms with Gasteiger partial charge in [0.2, 0.25) is 0 Å². The molecule has 2 N–H and O–H groups in total. The Hall–Kier alpha value is -1.04. The average molecular weight is 296 g/mol. The molecule has 1 saturated carbocycles. The van der Waals surface area contributed by atoms with Gasteiger partial charge in [-0.15, -0.1) is 0 Å². The van der Waals surface area contributed by atoms with Crippen LogP contribution in [0, 0.1) is 0 Å². The van der Waals surface area contributed by atoms with E-state index in [1.807, 2.05) is 0 Å². The zero-order valence-corrected chi connectivity index (χ0v) is 12.7. The molecule has 112 valence electrons. The molecule has 0 spiro atoms. The van der Waals surface area contributed by atoms with Crippen molar-refractivity contribution in [3.63, 3.8) is 0 Å². The van der Waals surface area contributed by atoms with E-state index in [4.69, 9.17) is 0 Å². The van der Waals surface area contributed by atoms with Crippen molar-refractivity contribution in [2.45, 2.75) is 74.6 Å². The fourth-order valence-corrected chi connectivity index (χ4v) is 3.72. The second-order valence-electron chi connectivity index (χ2n) is 5.36. The van der Waals surface area contributed by atoms with E-state index < -0.39 is 0 Å². The molecule has 1 aromatic rings. The predicted molar refractivity (Wildman–Crippen MR) is 81.4 cm³/mol. The topological polar surface area (TPSA) is 74.2 Å². The van der Waals surface area contributed by atoms with E-state index in [-0.39, 0.29) is 5.25 Å². The third kappa shape index (κ3) is 5.15. The maximum atomic E-state index is 9.32. The molecule has 1 fully saturated rings. The molecule has 1 heterocycles. The summed E-state index contributed by atoms with van der Waals surface area (Å²) in [5, 5.41) is 20.7. The fourth-order valence-electron chi connectivity index (χ4n) is 2.65. The Balaban J connectivity index is 1.97. The van der Waals surface area contributed by atoms with E-state index in [1.165, 1.54) is 51.3 Å². The molecule has 2 rings (SSSR count). The van der Waals surface area contributed by atoms with Gasteiger partial charge in [-0.2, -0.15) is 5.10 Å². The number of aromatic amines is 1. The first-order valence-corrected chi connectivity index (χ1v) is 8.51. The molecule has 1 aliphatic rings. The third-order valence-corrected chi connectivity index (χ3v) is 5.01. The fraction of sp³-hybridized carbons (Fsp3) is 0.786. The highest BCUT2D eigenvalue weighted by Gasteiger charge is 2.19. The van der Waals surface area contributed by atoms with Gasteiger partial charge in [0.15, 0.2) is 5.16 Å². The summed E-state index contributed by atoms with van der Waals surface area (Å²) in [6.45, 7) is 0. The Morgan fingerprint density at radius 1 is 1.10 bits per heavy atom. The highest BCUT2D eigenvalue weighted by molar-refractivity contribution is 8.00. The van der Waals surface area contributed by atoms with Gasteiger partial charge in [0.1, 0.15) is 6.33 Å². The first-order chi connectivity index (χ1) is 9.90. The zero-order valence-electron chi connectivity index (χ0n) is 11.9. The van der Waals surface area contributed by atoms with Crippen LogP contribution in [0.1, 0.15) is 64.2 Å². The van der Waals surface area contributed by atoms with Crippen LogP contribution in [0.2, 0.25) is 0 Å². The van der Waals surface area contributed by atoms with Crippen LogP contribution in [0.25, 0.3) is 0 Å². The van der Waals surface area contributed by atoms with Crippen molar-refractivity contribution < 1.29 is 5.21 Å². The van der Waals surface area contributed by atoms with Gasteiger partial charge in [-0.05, 0) is 19.3 Å². The minimum atomic E-state index is 0.215. The number of H-pyrrole nitrogens is 1. The van der Waals surface area contributed by atoms with Crippen molar-refractivity contribution in [2.75, 3.05) is 0 Å². The van der Waals surface area contributed by atoms with Crippen molar-refractivity contribution in [3.8, 4) is 0 Å². The lowest BCUT2D eigenvalue weighted by atomic mass is 9.99. The summed E-state index contributed by atoms with van der Waals surface area (Å²) in [6, 6.07) is 0. The van der Waals surface area contributed by atoms with Crippen molar-refractivity contribution in [3.05, 3.63) is 6.33 Å². The predicted octanol–water partition coefficient (Wildman–Crippen LogP) is 4.01. The lowest BCUT2D eigenvalue weighted by molar-refractivity contribution is 0.315. The first-order valence-electron chi connectivity index (χ1n) is 7.63. The number of nitrogens with zero attached hydrogens (tertiary/aromatic N) is 3. The second kappa shape index (κ2) is 9.00. The van der Waals surface area contributed by atoms with Gasteiger partial charge < -0.3 is 5.21 Å². The number of hydrogen-bond acceptors (Lipinski definition) is 5. The number of rotatable bonds is 2. The average Bonchev–Trinajstić information content (AvgIpc) is 2.95. The Kier molecular flexibility index (Phi) is 6.91. The monoisotopic (exact) mass is 296 g/mol. The standard InChI is InChI=1S/C14H24N4OS/c19-18-12-9-7-5-3-1-2-4-6-8-10-13(12)20-14-15-11-16-17-14/h11,13,19H,1-10H2,(H,15,16,17)/b18-12+/t13-/m0/s1. The number of thioether (sulfide) groups is 1. The van der Waals surface area contributed by atoms with E-state index in [1.54, 1.807) is 11.8 Å². The van der Waals surface area contributed by atoms with Crippen LogP contribution in [0.15, 0.2) is 16.6 Å². The maximum Gasteiger partial charge on any atom is 0.184 e. The summed E-state index contributed by atoms with van der Waals surface area (Å²) >= 11 is 1.63. The quantitative estimate of drug-likeness (QED) is 0.638. The number of nitrogens with one attached hydrogen (secondary N) is 1. The molecule has 0 aliphatic heterocycles. The van der Waals surface area contributed by atoms with Gasteiger partial charge >= 0.3 is 0 Å². The zero-order chi connectivity index (χ0) is 14.0. The second-order valence-corrected chi connectivity index (χ2v) is 6.55. The minimum Gasteiger partial charge on any atom is -0.411 e. The van der Waals surface area contributed by atoms with E-state index in [2.05, 4.69) is 20.3 Å². The van der Waals surface area contributed by atoms with Crippen LogP contribution < -0.4 is 0 Å². The third-order valence-electron chi connectivity index (χ3n) is 3.80. The summed E-state index contributed by atoms with van der Waals surface area (Å²) in [5.41, 5.74) is 0.909. The Labute approximate surface area is 124 Å². The van der Waals surface area contributed by atoms with Crippen LogP contribution in [0.4, 0.5) is 0 Å². The van der Waals surface area contributed by atoms with E-state index in [0.717, 1.165) is 30.1 Å². The largest absolute Gasteiger partial charge is 0.411 e. The van der Waals surface area contributed by atoms with E-state index in [9.17, 15) is 5.21 Å². The Morgan fingerprint density at radius 2 is 1.80 bits per heavy atom. The molecule has 0 amide bonds. The van der Waals surface area contributed by atoms with Crippen LogP contribution in [0.5, 0.6) is 0 Å². The normalized spacial score (nSPS) is 25.0. The summed E-state index contributed by atoms with van der Waals surface area (Å²) in [5.74, 6) is 0. The molecule has 0 bridgehead atoms. The molecular formula is C14H24N4OS. The highest BCUT2D eigenvalue weighted by Crippen LogP contribution is 2.27. The van der Waals surface area contributed by atoms with Crippen molar-refractivity contribution in [2.24, 2.45) is 5.16 Å². The number of hydrogen-bond donors (Lipinski definition) is 2. The molecule has 6 heteroatoms. The SMILES string of the molecule is O/N=C1\CCCCCCCCCC[C@@H]1Sc1ncn[nH]1. The van der Waals surface area contributed by atoms with Crippen LogP contribution >= 0.6 is 11.8 Å². The molecule has 0 unspecified atom stereocenters. The molecule has 1 aliphatic carbocycles. The van der Waals surface area contributed by atoms with Gasteiger partial charge in [-0.3, -0.25) is 5.10 Å². The van der Waals surface area contributed by atoms with Gasteiger partial charge in [0.25, 0.3) is 0 Å². The summed E-state index contributed by atoms with van der Waals surface area (Å²) in [4.78, 5) is 4.17. The minimum absolute atomic E-state index is 0.215. The van der Waals surface area contributed by atoms with Gasteiger partial charge in [-0.1, -0.05) is 61.9 Å². The molecule has 0 aromatic carbocycles. The summed E-state index contributed by atoms with van der Waals surface area (Å²) in [7, 11) is 0. The molecule has 1 atom stereocenters. The lowest BCUT2D eigenvalue weighted by Gasteiger charge is -2.17. The molecular weight excluding hydrogens is 272 g/mol. The van der Waals surface area contributed by atoms with Crippen LogP contribution in [0.3, 0.4) is 0 Å². The molecule has 1 aromatic heterocycles. The van der Waals surface area contributed by atoms with Gasteiger partial charge in [0.05, 0.1) is 11.0 Å². The summed E-state index contributed by atoms with van der Waals surface area (Å²) in [6.07, 6.45) is 13.6. The van der Waals surface area contributed by atoms with Gasteiger partial charge in [-0.25, -0.2) is 4.98 Å². The van der Waals surface area contributed by atoms with E-state index >= 15 is 0 Å². The van der Waals surface area contributed by atoms with E-state index in [0.29, 0.717) is 0 Å². The van der Waals surface area contributed by atoms with Crippen LogP contribution in [-0.2, 0) is 0 Å². The van der Waals surface area contributed by atoms with Crippen molar-refractivity contribution in [1.82, 2.24) is 15.2 Å². The Morgan fingerprint density at radius 3 is 2.45 bits per heavy atom. The smallest absolute Gasteiger partial charge is 0.184 e. The van der Waals surface area contributed by atoms with Crippen molar-refractivity contribution >= 4 is 17.5 Å². The Bertz CT molecular complexity index is 394. The lowest BCUT2D eigenvalue weighted by Crippen LogP contribution is -2.18. The highest BCUT2D eigenvalue weighted by atomic mass is 32.2. The molecule has 20 heavy (non-hydrogen) atoms. The number of aromatic nitrogens is 3. The maximum absolute atomic E-state index is 9.32. The van der Waals surface area contributed by atoms with Gasteiger partial charge in [0, 0.05) is 0 Å². The molecule has 0 radical (unpaired) electrons. The molecule has 0 saturated heterocycles. The van der Waals surface area contributed by atoms with Crippen LogP contribution in [-0.4, -0.2) is 31.4 Å².